The molecule has 0 aliphatic rings. The molecule has 0 aliphatic carbocycles. The standard InChI is InChI=1S/C15H17BrClN3/c1-4-10-8-11(16)6-7-12(10)18-15-9(3)14(17)19-13(5-2)20-15/h6-8H,4-5H2,1-3H3,(H,18,19,20). The average Bonchev–Trinajstić information content (AvgIpc) is 2.45. The van der Waals surface area contributed by atoms with Gasteiger partial charge in [0.1, 0.15) is 16.8 Å². The summed E-state index contributed by atoms with van der Waals surface area (Å²) in [6, 6.07) is 6.17. The van der Waals surface area contributed by atoms with Crippen molar-refractivity contribution in [2.75, 3.05) is 5.32 Å². The van der Waals surface area contributed by atoms with Gasteiger partial charge in [0.15, 0.2) is 0 Å². The van der Waals surface area contributed by atoms with Crippen LogP contribution in [0.4, 0.5) is 11.5 Å². The number of hydrogen-bond donors (Lipinski definition) is 1. The molecule has 1 heterocycles. The topological polar surface area (TPSA) is 37.8 Å². The number of aryl methyl sites for hydroxylation is 2. The van der Waals surface area contributed by atoms with Crippen molar-refractivity contribution in [3.8, 4) is 0 Å². The van der Waals surface area contributed by atoms with Crippen molar-refractivity contribution in [3.05, 3.63) is 44.8 Å². The maximum Gasteiger partial charge on any atom is 0.138 e. The monoisotopic (exact) mass is 353 g/mol. The van der Waals surface area contributed by atoms with E-state index in [4.69, 9.17) is 11.6 Å². The van der Waals surface area contributed by atoms with Gasteiger partial charge in [-0.2, -0.15) is 0 Å². The van der Waals surface area contributed by atoms with Gasteiger partial charge in [-0.25, -0.2) is 9.97 Å². The molecular formula is C15H17BrClN3. The van der Waals surface area contributed by atoms with E-state index >= 15 is 0 Å². The lowest BCUT2D eigenvalue weighted by molar-refractivity contribution is 0.933. The molecule has 0 saturated heterocycles. The summed E-state index contributed by atoms with van der Waals surface area (Å²) < 4.78 is 1.08. The number of anilines is 2. The zero-order valence-corrected chi connectivity index (χ0v) is 14.1. The molecule has 0 atom stereocenters. The zero-order chi connectivity index (χ0) is 14.7. The van der Waals surface area contributed by atoms with E-state index in [1.807, 2.05) is 26.0 Å². The van der Waals surface area contributed by atoms with Gasteiger partial charge in [0, 0.05) is 22.1 Å². The number of aromatic nitrogens is 2. The third-order valence-corrected chi connectivity index (χ3v) is 4.01. The highest BCUT2D eigenvalue weighted by Gasteiger charge is 2.10. The predicted octanol–water partition coefficient (Wildman–Crippen LogP) is 5.07. The van der Waals surface area contributed by atoms with E-state index in [0.717, 1.165) is 40.2 Å². The van der Waals surface area contributed by atoms with Crippen molar-refractivity contribution >= 4 is 39.0 Å². The van der Waals surface area contributed by atoms with Crippen LogP contribution in [0, 0.1) is 6.92 Å². The lowest BCUT2D eigenvalue weighted by atomic mass is 10.1. The number of benzene rings is 1. The van der Waals surface area contributed by atoms with E-state index in [9.17, 15) is 0 Å². The molecule has 0 saturated carbocycles. The first-order valence-electron chi connectivity index (χ1n) is 6.63. The second kappa shape index (κ2) is 6.55. The van der Waals surface area contributed by atoms with Gasteiger partial charge in [-0.3, -0.25) is 0 Å². The van der Waals surface area contributed by atoms with Crippen LogP contribution < -0.4 is 5.32 Å². The van der Waals surface area contributed by atoms with Crippen molar-refractivity contribution < 1.29 is 0 Å². The average molecular weight is 355 g/mol. The second-order valence-corrected chi connectivity index (χ2v) is 5.81. The quantitative estimate of drug-likeness (QED) is 0.779. The van der Waals surface area contributed by atoms with Gasteiger partial charge < -0.3 is 5.32 Å². The molecule has 1 aromatic carbocycles. The fraction of sp³-hybridized carbons (Fsp3) is 0.333. The Morgan fingerprint density at radius 2 is 1.95 bits per heavy atom. The fourth-order valence-corrected chi connectivity index (χ4v) is 2.51. The van der Waals surface area contributed by atoms with Crippen molar-refractivity contribution in [3.63, 3.8) is 0 Å². The minimum Gasteiger partial charge on any atom is -0.340 e. The van der Waals surface area contributed by atoms with Gasteiger partial charge in [-0.15, -0.1) is 0 Å². The van der Waals surface area contributed by atoms with Crippen molar-refractivity contribution in [1.29, 1.82) is 0 Å². The Balaban J connectivity index is 2.42. The molecule has 2 rings (SSSR count). The predicted molar refractivity (Wildman–Crippen MR) is 88.0 cm³/mol. The van der Waals surface area contributed by atoms with Crippen LogP contribution in [0.25, 0.3) is 0 Å². The van der Waals surface area contributed by atoms with Gasteiger partial charge >= 0.3 is 0 Å². The van der Waals surface area contributed by atoms with Crippen LogP contribution in [0.3, 0.4) is 0 Å². The SMILES string of the molecule is CCc1nc(Cl)c(C)c(Nc2ccc(Br)cc2CC)n1. The molecule has 1 N–H and O–H groups in total. The molecule has 0 spiro atoms. The molecule has 0 radical (unpaired) electrons. The number of nitrogens with one attached hydrogen (secondary N) is 1. The number of rotatable bonds is 4. The molecule has 0 fully saturated rings. The lowest BCUT2D eigenvalue weighted by Crippen LogP contribution is -2.04. The first-order chi connectivity index (χ1) is 9.55. The fourth-order valence-electron chi connectivity index (χ4n) is 1.92. The molecule has 106 valence electrons. The minimum absolute atomic E-state index is 0.509. The molecule has 0 unspecified atom stereocenters. The van der Waals surface area contributed by atoms with E-state index in [0.29, 0.717) is 5.15 Å². The largest absolute Gasteiger partial charge is 0.340 e. The van der Waals surface area contributed by atoms with Gasteiger partial charge in [0.05, 0.1) is 0 Å². The molecule has 3 nitrogen and oxygen atoms in total. The Labute approximate surface area is 132 Å². The highest BCUT2D eigenvalue weighted by molar-refractivity contribution is 9.10. The molecule has 0 bridgehead atoms. The van der Waals surface area contributed by atoms with E-state index in [-0.39, 0.29) is 0 Å². The molecule has 20 heavy (non-hydrogen) atoms. The van der Waals surface area contributed by atoms with E-state index in [2.05, 4.69) is 44.2 Å². The highest BCUT2D eigenvalue weighted by atomic mass is 79.9. The Kier molecular flexibility index (Phi) is 5.00. The van der Waals surface area contributed by atoms with Crippen LogP contribution in [-0.2, 0) is 12.8 Å². The van der Waals surface area contributed by atoms with Crippen LogP contribution in [0.1, 0.15) is 30.8 Å². The van der Waals surface area contributed by atoms with E-state index < -0.39 is 0 Å². The summed E-state index contributed by atoms with van der Waals surface area (Å²) >= 11 is 9.66. The summed E-state index contributed by atoms with van der Waals surface area (Å²) in [7, 11) is 0. The van der Waals surface area contributed by atoms with Crippen molar-refractivity contribution in [2.24, 2.45) is 0 Å². The zero-order valence-electron chi connectivity index (χ0n) is 11.8. The molecule has 5 heteroatoms. The number of hydrogen-bond acceptors (Lipinski definition) is 3. The van der Waals surface area contributed by atoms with Crippen molar-refractivity contribution in [2.45, 2.75) is 33.6 Å². The first kappa shape index (κ1) is 15.3. The summed E-state index contributed by atoms with van der Waals surface area (Å²) in [6.07, 6.45) is 1.70. The smallest absolute Gasteiger partial charge is 0.138 e. The van der Waals surface area contributed by atoms with Crippen LogP contribution in [0.5, 0.6) is 0 Å². The normalized spacial score (nSPS) is 10.7. The van der Waals surface area contributed by atoms with E-state index in [1.165, 1.54) is 5.56 Å². The second-order valence-electron chi connectivity index (χ2n) is 4.54. The van der Waals surface area contributed by atoms with Crippen molar-refractivity contribution in [1.82, 2.24) is 9.97 Å². The third kappa shape index (κ3) is 3.30. The van der Waals surface area contributed by atoms with Crippen LogP contribution in [0.15, 0.2) is 22.7 Å². The van der Waals surface area contributed by atoms with Crippen LogP contribution in [-0.4, -0.2) is 9.97 Å². The molecule has 0 aliphatic heterocycles. The Bertz CT molecular complexity index is 629. The lowest BCUT2D eigenvalue weighted by Gasteiger charge is -2.14. The molecule has 1 aromatic heterocycles. The first-order valence-corrected chi connectivity index (χ1v) is 7.80. The Hall–Kier alpha value is -1.13. The van der Waals surface area contributed by atoms with Gasteiger partial charge in [0.2, 0.25) is 0 Å². The van der Waals surface area contributed by atoms with E-state index in [1.54, 1.807) is 0 Å². The Morgan fingerprint density at radius 3 is 2.60 bits per heavy atom. The van der Waals surface area contributed by atoms with Gasteiger partial charge in [-0.1, -0.05) is 41.4 Å². The minimum atomic E-state index is 0.509. The summed E-state index contributed by atoms with van der Waals surface area (Å²) in [5, 5.41) is 3.89. The summed E-state index contributed by atoms with van der Waals surface area (Å²) in [5.41, 5.74) is 3.15. The summed E-state index contributed by atoms with van der Waals surface area (Å²) in [6.45, 7) is 6.07. The summed E-state index contributed by atoms with van der Waals surface area (Å²) in [5.74, 6) is 1.53. The molecular weight excluding hydrogens is 338 g/mol. The van der Waals surface area contributed by atoms with Gasteiger partial charge in [0.25, 0.3) is 0 Å². The summed E-state index contributed by atoms with van der Waals surface area (Å²) in [4.78, 5) is 8.78. The molecule has 2 aromatic rings. The maximum atomic E-state index is 6.16. The third-order valence-electron chi connectivity index (χ3n) is 3.15. The number of nitrogens with zero attached hydrogens (tertiary/aromatic N) is 2. The van der Waals surface area contributed by atoms with Crippen LogP contribution in [0.2, 0.25) is 5.15 Å². The molecule has 0 amide bonds. The highest BCUT2D eigenvalue weighted by Crippen LogP contribution is 2.27. The Morgan fingerprint density at radius 1 is 1.20 bits per heavy atom. The maximum absolute atomic E-state index is 6.16. The van der Waals surface area contributed by atoms with Gasteiger partial charge in [-0.05, 0) is 37.1 Å². The number of halogens is 2. The van der Waals surface area contributed by atoms with Crippen LogP contribution >= 0.6 is 27.5 Å².